The summed E-state index contributed by atoms with van der Waals surface area (Å²) >= 11 is 0. The number of fused-ring (bicyclic) bond motifs is 2. The number of ether oxygens (including phenoxy) is 1. The Morgan fingerprint density at radius 3 is 2.76 bits per heavy atom. The highest BCUT2D eigenvalue weighted by atomic mass is 16.6. The minimum Gasteiger partial charge on any atom is -0.444 e. The van der Waals surface area contributed by atoms with Crippen LogP contribution in [0.4, 0.5) is 4.79 Å². The van der Waals surface area contributed by atoms with Gasteiger partial charge in [-0.1, -0.05) is 0 Å². The van der Waals surface area contributed by atoms with Crippen molar-refractivity contribution in [3.63, 3.8) is 0 Å². The van der Waals surface area contributed by atoms with Crippen LogP contribution in [0, 0.1) is 11.3 Å². The number of carbonyl (C=O) groups is 2. The molecule has 0 aromatic carbocycles. The smallest absolute Gasteiger partial charge is 0.410 e. The van der Waals surface area contributed by atoms with E-state index in [1.165, 1.54) is 0 Å². The Balaban J connectivity index is 2.04. The van der Waals surface area contributed by atoms with Crippen molar-refractivity contribution in [1.82, 2.24) is 4.90 Å². The molecule has 1 heterocycles. The highest BCUT2D eigenvalue weighted by Crippen LogP contribution is 2.45. The van der Waals surface area contributed by atoms with Gasteiger partial charge in [-0.05, 0) is 46.0 Å². The molecule has 2 rings (SSSR count). The molecule has 0 aromatic heterocycles. The molecule has 1 saturated heterocycles. The van der Waals surface area contributed by atoms with Crippen molar-refractivity contribution in [1.29, 1.82) is 0 Å². The predicted molar refractivity (Wildman–Crippen MR) is 63.6 cm³/mol. The van der Waals surface area contributed by atoms with Crippen LogP contribution in [-0.2, 0) is 9.53 Å². The van der Waals surface area contributed by atoms with Crippen LogP contribution in [0.15, 0.2) is 0 Å². The second-order valence-electron chi connectivity index (χ2n) is 6.45. The van der Waals surface area contributed by atoms with E-state index in [1.807, 2.05) is 20.8 Å². The number of carbonyl (C=O) groups excluding carboxylic acids is 2. The van der Waals surface area contributed by atoms with Gasteiger partial charge in [-0.3, -0.25) is 0 Å². The third-order valence-electron chi connectivity index (χ3n) is 3.63. The van der Waals surface area contributed by atoms with E-state index in [1.54, 1.807) is 4.90 Å². The van der Waals surface area contributed by atoms with Crippen molar-refractivity contribution in [2.24, 2.45) is 11.3 Å². The fraction of sp³-hybridized carbons (Fsp3) is 0.846. The van der Waals surface area contributed by atoms with Crippen molar-refractivity contribution in [3.8, 4) is 0 Å². The molecule has 2 aliphatic rings. The monoisotopic (exact) mass is 239 g/mol. The van der Waals surface area contributed by atoms with Crippen LogP contribution in [0.2, 0.25) is 0 Å². The highest BCUT2D eigenvalue weighted by Gasteiger charge is 2.46. The first-order valence-corrected chi connectivity index (χ1v) is 6.28. The molecule has 17 heavy (non-hydrogen) atoms. The average Bonchev–Trinajstić information content (AvgIpc) is 2.52. The number of likely N-dealkylation sites (tertiary alicyclic amines) is 1. The summed E-state index contributed by atoms with van der Waals surface area (Å²) in [6.07, 6.45) is 3.67. The molecule has 2 atom stereocenters. The number of piperidine rings is 1. The predicted octanol–water partition coefficient (Wildman–Crippen LogP) is 2.22. The van der Waals surface area contributed by atoms with Gasteiger partial charge in [0.05, 0.1) is 0 Å². The van der Waals surface area contributed by atoms with Gasteiger partial charge in [0.15, 0.2) is 0 Å². The lowest BCUT2D eigenvalue weighted by Crippen LogP contribution is -2.48. The van der Waals surface area contributed by atoms with Crippen molar-refractivity contribution in [2.75, 3.05) is 13.1 Å². The molecule has 0 spiro atoms. The van der Waals surface area contributed by atoms with Crippen LogP contribution in [0.25, 0.3) is 0 Å². The van der Waals surface area contributed by atoms with E-state index in [4.69, 9.17) is 4.74 Å². The SMILES string of the molecule is CC(C)(C)OC(=O)N1CC2CCC(C=O)(C2)C1. The lowest BCUT2D eigenvalue weighted by atomic mass is 9.84. The largest absolute Gasteiger partial charge is 0.444 e. The van der Waals surface area contributed by atoms with Crippen LogP contribution in [-0.4, -0.2) is 36.0 Å². The average molecular weight is 239 g/mol. The highest BCUT2D eigenvalue weighted by molar-refractivity contribution is 5.70. The third kappa shape index (κ3) is 2.61. The maximum absolute atomic E-state index is 12.0. The van der Waals surface area contributed by atoms with Gasteiger partial charge in [0.1, 0.15) is 11.9 Å². The lowest BCUT2D eigenvalue weighted by Gasteiger charge is -2.37. The topological polar surface area (TPSA) is 46.6 Å². The van der Waals surface area contributed by atoms with E-state index < -0.39 is 5.60 Å². The molecule has 96 valence electrons. The summed E-state index contributed by atoms with van der Waals surface area (Å²) in [6, 6.07) is 0. The Morgan fingerprint density at radius 2 is 2.18 bits per heavy atom. The van der Waals surface area contributed by atoms with E-state index in [2.05, 4.69) is 0 Å². The van der Waals surface area contributed by atoms with Crippen LogP contribution in [0.1, 0.15) is 40.0 Å². The molecule has 2 bridgehead atoms. The third-order valence-corrected chi connectivity index (χ3v) is 3.63. The minimum atomic E-state index is -0.470. The van der Waals surface area contributed by atoms with E-state index in [0.717, 1.165) is 32.1 Å². The maximum atomic E-state index is 12.0. The van der Waals surface area contributed by atoms with Gasteiger partial charge in [0.2, 0.25) is 0 Å². The Morgan fingerprint density at radius 1 is 1.47 bits per heavy atom. The Labute approximate surface area is 102 Å². The van der Waals surface area contributed by atoms with Crippen molar-refractivity contribution < 1.29 is 14.3 Å². The van der Waals surface area contributed by atoms with Crippen LogP contribution >= 0.6 is 0 Å². The van der Waals surface area contributed by atoms with Crippen LogP contribution in [0.5, 0.6) is 0 Å². The van der Waals surface area contributed by atoms with Gasteiger partial charge in [-0.2, -0.15) is 0 Å². The molecule has 1 aliphatic heterocycles. The normalized spacial score (nSPS) is 32.4. The summed E-state index contributed by atoms with van der Waals surface area (Å²) in [7, 11) is 0. The molecule has 4 nitrogen and oxygen atoms in total. The van der Waals surface area contributed by atoms with Crippen LogP contribution in [0.3, 0.4) is 0 Å². The second kappa shape index (κ2) is 4.00. The quantitative estimate of drug-likeness (QED) is 0.659. The van der Waals surface area contributed by atoms with Gasteiger partial charge >= 0.3 is 6.09 Å². The fourth-order valence-electron chi connectivity index (χ4n) is 2.94. The van der Waals surface area contributed by atoms with E-state index in [-0.39, 0.29) is 11.5 Å². The van der Waals surface area contributed by atoms with Crippen LogP contribution < -0.4 is 0 Å². The zero-order valence-electron chi connectivity index (χ0n) is 10.9. The second-order valence-corrected chi connectivity index (χ2v) is 6.45. The standard InChI is InChI=1S/C13H21NO3/c1-12(2,3)17-11(16)14-7-10-4-5-13(6-10,8-14)9-15/h9-10H,4-8H2,1-3H3. The molecule has 1 saturated carbocycles. The van der Waals surface area contributed by atoms with Gasteiger partial charge < -0.3 is 14.4 Å². The first-order valence-electron chi connectivity index (χ1n) is 6.28. The molecule has 0 radical (unpaired) electrons. The molecule has 0 aromatic rings. The number of hydrogen-bond acceptors (Lipinski definition) is 3. The van der Waals surface area contributed by atoms with E-state index in [0.29, 0.717) is 12.5 Å². The summed E-state index contributed by atoms with van der Waals surface area (Å²) < 4.78 is 5.36. The summed E-state index contributed by atoms with van der Waals surface area (Å²) in [6.45, 7) is 6.85. The maximum Gasteiger partial charge on any atom is 0.410 e. The van der Waals surface area contributed by atoms with Crippen molar-refractivity contribution in [2.45, 2.75) is 45.6 Å². The van der Waals surface area contributed by atoms with Crippen molar-refractivity contribution >= 4 is 12.4 Å². The van der Waals surface area contributed by atoms with E-state index in [9.17, 15) is 9.59 Å². The van der Waals surface area contributed by atoms with Gasteiger partial charge in [0.25, 0.3) is 0 Å². The number of hydrogen-bond donors (Lipinski definition) is 0. The Bertz CT molecular complexity index is 334. The Hall–Kier alpha value is -1.06. The van der Waals surface area contributed by atoms with Gasteiger partial charge in [-0.15, -0.1) is 0 Å². The summed E-state index contributed by atoms with van der Waals surface area (Å²) in [5, 5.41) is 0. The lowest BCUT2D eigenvalue weighted by molar-refractivity contribution is -0.118. The number of nitrogens with zero attached hydrogens (tertiary/aromatic N) is 1. The van der Waals surface area contributed by atoms with Crippen molar-refractivity contribution in [3.05, 3.63) is 0 Å². The first kappa shape index (κ1) is 12.4. The molecule has 4 heteroatoms. The van der Waals surface area contributed by atoms with Gasteiger partial charge in [-0.25, -0.2) is 4.79 Å². The van der Waals surface area contributed by atoms with Gasteiger partial charge in [0, 0.05) is 18.5 Å². The summed E-state index contributed by atoms with van der Waals surface area (Å²) in [5.74, 6) is 0.474. The zero-order valence-corrected chi connectivity index (χ0v) is 10.9. The minimum absolute atomic E-state index is 0.282. The number of aldehydes is 1. The number of amides is 1. The molecular weight excluding hydrogens is 218 g/mol. The zero-order chi connectivity index (χ0) is 12.7. The summed E-state index contributed by atoms with van der Waals surface area (Å²) in [4.78, 5) is 24.9. The molecular formula is C13H21NO3. The number of rotatable bonds is 1. The molecule has 1 aliphatic carbocycles. The molecule has 0 N–H and O–H groups in total. The van der Waals surface area contributed by atoms with E-state index >= 15 is 0 Å². The molecule has 2 fully saturated rings. The molecule has 2 unspecified atom stereocenters. The first-order chi connectivity index (χ1) is 7.84. The fourth-order valence-corrected chi connectivity index (χ4v) is 2.94. The summed E-state index contributed by atoms with van der Waals surface area (Å²) in [5.41, 5.74) is -0.762. The Kier molecular flexibility index (Phi) is 2.92. The molecule has 1 amide bonds.